The van der Waals surface area contributed by atoms with Crippen LogP contribution in [0, 0.1) is 6.92 Å². The number of methoxy groups -OCH3 is 1. The number of hydrogen-bond acceptors (Lipinski definition) is 4. The fourth-order valence-corrected chi connectivity index (χ4v) is 2.81. The lowest BCUT2D eigenvalue weighted by atomic mass is 10.2. The summed E-state index contributed by atoms with van der Waals surface area (Å²) in [5.74, 6) is 0.989. The van der Waals surface area contributed by atoms with Crippen LogP contribution in [0.25, 0.3) is 0 Å². The van der Waals surface area contributed by atoms with Gasteiger partial charge in [0.15, 0.2) is 0 Å². The highest BCUT2D eigenvalue weighted by Gasteiger charge is 2.14. The van der Waals surface area contributed by atoms with E-state index in [0.29, 0.717) is 17.2 Å². The van der Waals surface area contributed by atoms with Crippen molar-refractivity contribution < 1.29 is 17.9 Å². The SMILES string of the molecule is COc1ccc(C)cc1NS(=O)(=O)CCOc1ccccc1. The maximum atomic E-state index is 12.1. The Morgan fingerprint density at radius 1 is 1.09 bits per heavy atom. The van der Waals surface area contributed by atoms with Gasteiger partial charge in [-0.3, -0.25) is 4.72 Å². The lowest BCUT2D eigenvalue weighted by Crippen LogP contribution is -2.21. The number of hydrogen-bond donors (Lipinski definition) is 1. The second-order valence-electron chi connectivity index (χ2n) is 4.79. The van der Waals surface area contributed by atoms with E-state index in [9.17, 15) is 8.42 Å². The molecule has 118 valence electrons. The van der Waals surface area contributed by atoms with Gasteiger partial charge in [-0.25, -0.2) is 8.42 Å². The summed E-state index contributed by atoms with van der Waals surface area (Å²) in [6.07, 6.45) is 0. The van der Waals surface area contributed by atoms with Crippen LogP contribution < -0.4 is 14.2 Å². The van der Waals surface area contributed by atoms with Crippen molar-refractivity contribution in [2.24, 2.45) is 0 Å². The molecule has 2 aromatic carbocycles. The zero-order valence-electron chi connectivity index (χ0n) is 12.6. The number of anilines is 1. The van der Waals surface area contributed by atoms with Crippen LogP contribution in [0.1, 0.15) is 5.56 Å². The van der Waals surface area contributed by atoms with Crippen molar-refractivity contribution in [1.82, 2.24) is 0 Å². The molecule has 0 bridgehead atoms. The Morgan fingerprint density at radius 2 is 1.82 bits per heavy atom. The standard InChI is InChI=1S/C16H19NO4S/c1-13-8-9-16(20-2)15(12-13)17-22(18,19)11-10-21-14-6-4-3-5-7-14/h3-9,12,17H,10-11H2,1-2H3. The number of para-hydroxylation sites is 1. The van der Waals surface area contributed by atoms with Crippen molar-refractivity contribution in [3.8, 4) is 11.5 Å². The van der Waals surface area contributed by atoms with Crippen molar-refractivity contribution in [1.29, 1.82) is 0 Å². The highest BCUT2D eigenvalue weighted by Crippen LogP contribution is 2.26. The van der Waals surface area contributed by atoms with E-state index in [0.717, 1.165) is 5.56 Å². The van der Waals surface area contributed by atoms with Crippen LogP contribution in [-0.4, -0.2) is 27.9 Å². The Hall–Kier alpha value is -2.21. The van der Waals surface area contributed by atoms with Gasteiger partial charge >= 0.3 is 0 Å². The third kappa shape index (κ3) is 4.66. The first-order valence-corrected chi connectivity index (χ1v) is 8.48. The first kappa shape index (κ1) is 16.2. The molecule has 0 aliphatic heterocycles. The van der Waals surface area contributed by atoms with E-state index in [1.807, 2.05) is 31.2 Å². The summed E-state index contributed by atoms with van der Waals surface area (Å²) in [6.45, 7) is 1.96. The fraction of sp³-hybridized carbons (Fsp3) is 0.250. The van der Waals surface area contributed by atoms with Gasteiger partial charge in [-0.2, -0.15) is 0 Å². The first-order chi connectivity index (χ1) is 10.5. The molecule has 2 rings (SSSR count). The van der Waals surface area contributed by atoms with Crippen LogP contribution in [0.5, 0.6) is 11.5 Å². The minimum absolute atomic E-state index is 0.0769. The fourth-order valence-electron chi connectivity index (χ4n) is 1.91. The van der Waals surface area contributed by atoms with Gasteiger partial charge in [-0.15, -0.1) is 0 Å². The highest BCUT2D eigenvalue weighted by molar-refractivity contribution is 7.92. The summed E-state index contributed by atoms with van der Waals surface area (Å²) in [5.41, 5.74) is 1.38. The van der Waals surface area contributed by atoms with Gasteiger partial charge in [0.1, 0.15) is 23.9 Å². The summed E-state index contributed by atoms with van der Waals surface area (Å²) in [6, 6.07) is 14.4. The molecular weight excluding hydrogens is 302 g/mol. The summed E-state index contributed by atoms with van der Waals surface area (Å²) in [7, 11) is -2.01. The minimum Gasteiger partial charge on any atom is -0.495 e. The molecule has 0 aliphatic rings. The molecule has 0 saturated heterocycles. The van der Waals surface area contributed by atoms with E-state index in [4.69, 9.17) is 9.47 Å². The van der Waals surface area contributed by atoms with E-state index < -0.39 is 10.0 Å². The maximum Gasteiger partial charge on any atom is 0.236 e. The second kappa shape index (κ2) is 7.17. The first-order valence-electron chi connectivity index (χ1n) is 6.83. The molecule has 0 aliphatic carbocycles. The molecule has 2 aromatic rings. The molecule has 5 nitrogen and oxygen atoms in total. The third-order valence-electron chi connectivity index (χ3n) is 2.98. The quantitative estimate of drug-likeness (QED) is 0.851. The summed E-state index contributed by atoms with van der Waals surface area (Å²) < 4.78 is 37.3. The van der Waals surface area contributed by atoms with Gasteiger partial charge in [-0.1, -0.05) is 24.3 Å². The molecule has 0 atom stereocenters. The summed E-state index contributed by atoms with van der Waals surface area (Å²) >= 11 is 0. The average Bonchev–Trinajstić information content (AvgIpc) is 2.48. The molecule has 0 spiro atoms. The van der Waals surface area contributed by atoms with Crippen molar-refractivity contribution in [3.63, 3.8) is 0 Å². The van der Waals surface area contributed by atoms with Gasteiger partial charge in [0.05, 0.1) is 12.8 Å². The minimum atomic E-state index is -3.51. The Kier molecular flexibility index (Phi) is 5.27. The van der Waals surface area contributed by atoms with Crippen LogP contribution in [0.2, 0.25) is 0 Å². The molecule has 6 heteroatoms. The smallest absolute Gasteiger partial charge is 0.236 e. The monoisotopic (exact) mass is 321 g/mol. The van der Waals surface area contributed by atoms with Crippen molar-refractivity contribution in [3.05, 3.63) is 54.1 Å². The Morgan fingerprint density at radius 3 is 2.50 bits per heavy atom. The highest BCUT2D eigenvalue weighted by atomic mass is 32.2. The molecule has 0 unspecified atom stereocenters. The number of benzene rings is 2. The average molecular weight is 321 g/mol. The predicted molar refractivity (Wildman–Crippen MR) is 87.1 cm³/mol. The molecule has 22 heavy (non-hydrogen) atoms. The topological polar surface area (TPSA) is 64.6 Å². The van der Waals surface area contributed by atoms with Gasteiger partial charge in [0.2, 0.25) is 10.0 Å². The maximum absolute atomic E-state index is 12.1. The second-order valence-corrected chi connectivity index (χ2v) is 6.63. The molecule has 0 radical (unpaired) electrons. The molecule has 1 N–H and O–H groups in total. The normalized spacial score (nSPS) is 11.0. The predicted octanol–water partition coefficient (Wildman–Crippen LogP) is 2.82. The van der Waals surface area contributed by atoms with Gasteiger partial charge < -0.3 is 9.47 Å². The van der Waals surface area contributed by atoms with Crippen LogP contribution in [0.4, 0.5) is 5.69 Å². The van der Waals surface area contributed by atoms with Crippen LogP contribution in [0.15, 0.2) is 48.5 Å². The molecular formula is C16H19NO4S. The zero-order chi connectivity index (χ0) is 16.0. The Labute approximate surface area is 130 Å². The molecule has 0 fully saturated rings. The Bertz CT molecular complexity index is 714. The van der Waals surface area contributed by atoms with Gasteiger partial charge in [0, 0.05) is 0 Å². The van der Waals surface area contributed by atoms with E-state index in [1.54, 1.807) is 24.3 Å². The van der Waals surface area contributed by atoms with Crippen molar-refractivity contribution in [2.75, 3.05) is 24.2 Å². The van der Waals surface area contributed by atoms with E-state index in [1.165, 1.54) is 7.11 Å². The number of rotatable bonds is 7. The van der Waals surface area contributed by atoms with Crippen molar-refractivity contribution >= 4 is 15.7 Å². The Balaban J connectivity index is 1.98. The van der Waals surface area contributed by atoms with Crippen molar-refractivity contribution in [2.45, 2.75) is 6.92 Å². The molecule has 0 heterocycles. The molecule has 0 aromatic heterocycles. The van der Waals surface area contributed by atoms with Gasteiger partial charge in [-0.05, 0) is 36.8 Å². The van der Waals surface area contributed by atoms with E-state index in [-0.39, 0.29) is 12.4 Å². The lowest BCUT2D eigenvalue weighted by molar-refractivity contribution is 0.341. The van der Waals surface area contributed by atoms with E-state index in [2.05, 4.69) is 4.72 Å². The number of nitrogens with one attached hydrogen (secondary N) is 1. The summed E-state index contributed by atoms with van der Waals surface area (Å²) in [5, 5.41) is 0. The van der Waals surface area contributed by atoms with Crippen LogP contribution in [0.3, 0.4) is 0 Å². The largest absolute Gasteiger partial charge is 0.495 e. The molecule has 0 saturated carbocycles. The summed E-state index contributed by atoms with van der Waals surface area (Å²) in [4.78, 5) is 0. The van der Waals surface area contributed by atoms with Crippen LogP contribution in [-0.2, 0) is 10.0 Å². The third-order valence-corrected chi connectivity index (χ3v) is 4.22. The zero-order valence-corrected chi connectivity index (χ0v) is 13.4. The lowest BCUT2D eigenvalue weighted by Gasteiger charge is -2.13. The number of sulfonamides is 1. The number of ether oxygens (including phenoxy) is 2. The van der Waals surface area contributed by atoms with Crippen LogP contribution >= 0.6 is 0 Å². The van der Waals surface area contributed by atoms with Gasteiger partial charge in [0.25, 0.3) is 0 Å². The molecule has 0 amide bonds. The van der Waals surface area contributed by atoms with E-state index >= 15 is 0 Å². The number of aryl methyl sites for hydroxylation is 1.